The number of benzene rings is 1. The highest BCUT2D eigenvalue weighted by Crippen LogP contribution is 2.34. The average Bonchev–Trinajstić information content (AvgIpc) is 3.19. The molecule has 2 aromatic rings. The number of aliphatic hydroxyl groups is 1. The Morgan fingerprint density at radius 2 is 1.93 bits per heavy atom. The first-order valence-corrected chi connectivity index (χ1v) is 8.06. The molecule has 1 amide bonds. The SMILES string of the molecule is O=C(c1ccc(Cn2cc(Cl)cn2)cc1)N1N=C(C(F)F)C[C@@]1(O)C(F)F. The van der Waals surface area contributed by atoms with Crippen molar-refractivity contribution in [2.24, 2.45) is 5.10 Å². The number of hydrazone groups is 1. The maximum absolute atomic E-state index is 13.2. The standard InChI is InChI=1S/C16H13ClF4N4O2/c17-11-6-22-24(8-11)7-9-1-3-10(4-2-9)14(26)25-16(27,15(20)21)5-12(23-25)13(18)19/h1-4,6,8,13,15,27H,5,7H2/t16-/m1/s1. The van der Waals surface area contributed by atoms with E-state index in [-0.39, 0.29) is 10.6 Å². The van der Waals surface area contributed by atoms with Crippen molar-refractivity contribution in [3.8, 4) is 0 Å². The Kier molecular flexibility index (Phi) is 5.20. The lowest BCUT2D eigenvalue weighted by Crippen LogP contribution is -2.51. The van der Waals surface area contributed by atoms with E-state index < -0.39 is 36.6 Å². The lowest BCUT2D eigenvalue weighted by atomic mass is 10.1. The highest BCUT2D eigenvalue weighted by molar-refractivity contribution is 6.30. The molecular formula is C16H13ClF4N4O2. The lowest BCUT2D eigenvalue weighted by molar-refractivity contribution is -0.164. The van der Waals surface area contributed by atoms with Crippen LogP contribution in [0.15, 0.2) is 41.8 Å². The van der Waals surface area contributed by atoms with Crippen LogP contribution in [0.3, 0.4) is 0 Å². The summed E-state index contributed by atoms with van der Waals surface area (Å²) in [5.41, 5.74) is -3.43. The molecule has 0 radical (unpaired) electrons. The fourth-order valence-corrected chi connectivity index (χ4v) is 2.75. The minimum absolute atomic E-state index is 0.0292. The van der Waals surface area contributed by atoms with E-state index in [4.69, 9.17) is 11.6 Å². The second kappa shape index (κ2) is 7.28. The summed E-state index contributed by atoms with van der Waals surface area (Å²) in [5.74, 6) is -1.11. The van der Waals surface area contributed by atoms with Gasteiger partial charge in [0.2, 0.25) is 5.72 Å². The number of carbonyl (C=O) groups is 1. The molecule has 1 aliphatic heterocycles. The van der Waals surface area contributed by atoms with Gasteiger partial charge in [-0.15, -0.1) is 0 Å². The van der Waals surface area contributed by atoms with Gasteiger partial charge in [0.05, 0.1) is 17.8 Å². The van der Waals surface area contributed by atoms with Crippen LogP contribution in [0.25, 0.3) is 0 Å². The zero-order valence-electron chi connectivity index (χ0n) is 13.6. The van der Waals surface area contributed by atoms with Gasteiger partial charge in [0.1, 0.15) is 5.71 Å². The number of aromatic nitrogens is 2. The van der Waals surface area contributed by atoms with Crippen molar-refractivity contribution < 1.29 is 27.5 Å². The Balaban J connectivity index is 1.81. The van der Waals surface area contributed by atoms with Crippen LogP contribution >= 0.6 is 11.6 Å². The van der Waals surface area contributed by atoms with Gasteiger partial charge in [-0.1, -0.05) is 23.7 Å². The molecule has 6 nitrogen and oxygen atoms in total. The van der Waals surface area contributed by atoms with Gasteiger partial charge in [-0.25, -0.2) is 17.6 Å². The third-order valence-corrected chi connectivity index (χ3v) is 4.17. The van der Waals surface area contributed by atoms with E-state index >= 15 is 0 Å². The van der Waals surface area contributed by atoms with Gasteiger partial charge in [-0.2, -0.15) is 15.2 Å². The summed E-state index contributed by atoms with van der Waals surface area (Å²) in [6.45, 7) is 0.347. The number of hydrogen-bond acceptors (Lipinski definition) is 4. The van der Waals surface area contributed by atoms with Crippen LogP contribution in [-0.4, -0.2) is 50.1 Å². The number of rotatable bonds is 5. The predicted octanol–water partition coefficient (Wildman–Crippen LogP) is 3.01. The van der Waals surface area contributed by atoms with Crippen molar-refractivity contribution in [1.82, 2.24) is 14.8 Å². The van der Waals surface area contributed by atoms with E-state index in [9.17, 15) is 27.5 Å². The van der Waals surface area contributed by atoms with Crippen LogP contribution in [0.2, 0.25) is 5.02 Å². The molecule has 144 valence electrons. The minimum Gasteiger partial charge on any atom is -0.364 e. The molecule has 0 bridgehead atoms. The van der Waals surface area contributed by atoms with Gasteiger partial charge in [0.25, 0.3) is 18.8 Å². The Morgan fingerprint density at radius 3 is 2.44 bits per heavy atom. The molecule has 11 heteroatoms. The number of hydrogen-bond donors (Lipinski definition) is 1. The first kappa shape index (κ1) is 19.3. The van der Waals surface area contributed by atoms with E-state index in [2.05, 4.69) is 10.2 Å². The van der Waals surface area contributed by atoms with E-state index in [1.807, 2.05) is 0 Å². The third kappa shape index (κ3) is 3.81. The normalized spacial score (nSPS) is 19.9. The first-order chi connectivity index (χ1) is 12.7. The summed E-state index contributed by atoms with van der Waals surface area (Å²) >= 11 is 5.77. The molecule has 0 aliphatic carbocycles. The second-order valence-electron chi connectivity index (χ2n) is 5.92. The Hall–Kier alpha value is -2.46. The van der Waals surface area contributed by atoms with Crippen LogP contribution in [-0.2, 0) is 6.54 Å². The fourth-order valence-electron chi connectivity index (χ4n) is 2.59. The zero-order valence-corrected chi connectivity index (χ0v) is 14.3. The molecule has 3 rings (SSSR count). The van der Waals surface area contributed by atoms with Crippen LogP contribution < -0.4 is 0 Å². The monoisotopic (exact) mass is 404 g/mol. The van der Waals surface area contributed by atoms with Crippen LogP contribution in [0, 0.1) is 0 Å². The van der Waals surface area contributed by atoms with E-state index in [0.717, 1.165) is 5.56 Å². The highest BCUT2D eigenvalue weighted by Gasteiger charge is 2.53. The van der Waals surface area contributed by atoms with Crippen molar-refractivity contribution in [2.75, 3.05) is 0 Å². The summed E-state index contributed by atoms with van der Waals surface area (Å²) in [4.78, 5) is 12.5. The Morgan fingerprint density at radius 1 is 1.26 bits per heavy atom. The molecule has 0 saturated carbocycles. The average molecular weight is 405 g/mol. The minimum atomic E-state index is -3.47. The Bertz CT molecular complexity index is 872. The van der Waals surface area contributed by atoms with Gasteiger partial charge in [-0.3, -0.25) is 9.48 Å². The van der Waals surface area contributed by atoms with Crippen molar-refractivity contribution >= 4 is 23.2 Å². The smallest absolute Gasteiger partial charge is 0.287 e. The molecule has 1 atom stereocenters. The molecule has 1 aromatic heterocycles. The van der Waals surface area contributed by atoms with Crippen molar-refractivity contribution in [3.63, 3.8) is 0 Å². The summed E-state index contributed by atoms with van der Waals surface area (Å²) in [7, 11) is 0. The number of nitrogens with zero attached hydrogens (tertiary/aromatic N) is 4. The molecule has 1 aromatic carbocycles. The van der Waals surface area contributed by atoms with Crippen LogP contribution in [0.5, 0.6) is 0 Å². The lowest BCUT2D eigenvalue weighted by Gasteiger charge is -2.30. The fraction of sp³-hybridized carbons (Fsp3) is 0.312. The zero-order chi connectivity index (χ0) is 19.8. The molecule has 27 heavy (non-hydrogen) atoms. The molecule has 1 aliphatic rings. The van der Waals surface area contributed by atoms with E-state index in [0.29, 0.717) is 11.6 Å². The molecule has 0 fully saturated rings. The second-order valence-corrected chi connectivity index (χ2v) is 6.35. The maximum Gasteiger partial charge on any atom is 0.287 e. The number of halogens is 5. The highest BCUT2D eigenvalue weighted by atomic mass is 35.5. The van der Waals surface area contributed by atoms with Gasteiger partial charge < -0.3 is 5.11 Å². The van der Waals surface area contributed by atoms with E-state index in [1.54, 1.807) is 10.9 Å². The molecule has 0 saturated heterocycles. The van der Waals surface area contributed by atoms with Gasteiger partial charge in [-0.05, 0) is 17.7 Å². The van der Waals surface area contributed by atoms with Crippen LogP contribution in [0.4, 0.5) is 17.6 Å². The number of carbonyl (C=O) groups excluding carboxylic acids is 1. The van der Waals surface area contributed by atoms with Crippen LogP contribution in [0.1, 0.15) is 22.3 Å². The molecule has 1 N–H and O–H groups in total. The summed E-state index contributed by atoms with van der Waals surface area (Å²) in [5, 5.41) is 17.7. The summed E-state index contributed by atoms with van der Waals surface area (Å²) < 4.78 is 53.6. The topological polar surface area (TPSA) is 70.7 Å². The largest absolute Gasteiger partial charge is 0.364 e. The third-order valence-electron chi connectivity index (χ3n) is 3.98. The molecular weight excluding hydrogens is 392 g/mol. The van der Waals surface area contributed by atoms with Crippen molar-refractivity contribution in [2.45, 2.75) is 31.5 Å². The summed E-state index contributed by atoms with van der Waals surface area (Å²) in [6.07, 6.45) is -4.70. The van der Waals surface area contributed by atoms with Gasteiger partial charge in [0, 0.05) is 18.2 Å². The maximum atomic E-state index is 13.2. The number of amides is 1. The Labute approximate surface area is 155 Å². The molecule has 2 heterocycles. The first-order valence-electron chi connectivity index (χ1n) is 7.68. The quantitative estimate of drug-likeness (QED) is 0.779. The van der Waals surface area contributed by atoms with Gasteiger partial charge in [0.15, 0.2) is 0 Å². The predicted molar refractivity (Wildman–Crippen MR) is 88.0 cm³/mol. The van der Waals surface area contributed by atoms with Gasteiger partial charge >= 0.3 is 0 Å². The number of alkyl halides is 4. The van der Waals surface area contributed by atoms with E-state index in [1.165, 1.54) is 30.5 Å². The molecule has 0 unspecified atom stereocenters. The summed E-state index contributed by atoms with van der Waals surface area (Å²) in [6, 6.07) is 5.73. The van der Waals surface area contributed by atoms with Crippen molar-refractivity contribution in [3.05, 3.63) is 52.8 Å². The van der Waals surface area contributed by atoms with Crippen molar-refractivity contribution in [1.29, 1.82) is 0 Å². The molecule has 0 spiro atoms.